The van der Waals surface area contributed by atoms with E-state index in [1.54, 1.807) is 6.07 Å². The third-order valence-electron chi connectivity index (χ3n) is 1.77. The van der Waals surface area contributed by atoms with E-state index in [1.165, 1.54) is 12.5 Å². The van der Waals surface area contributed by atoms with Gasteiger partial charge in [0.05, 0.1) is 5.69 Å². The first-order valence-electron chi connectivity index (χ1n) is 4.24. The monoisotopic (exact) mass is 207 g/mol. The molecule has 15 heavy (non-hydrogen) atoms. The third-order valence-corrected chi connectivity index (χ3v) is 1.77. The molecule has 0 saturated heterocycles. The predicted octanol–water partition coefficient (Wildman–Crippen LogP) is 2.50. The van der Waals surface area contributed by atoms with Crippen molar-refractivity contribution >= 4 is 11.5 Å². The zero-order valence-corrected chi connectivity index (χ0v) is 7.61. The van der Waals surface area contributed by atoms with Gasteiger partial charge < -0.3 is 5.32 Å². The maximum Gasteiger partial charge on any atom is 0.146 e. The van der Waals surface area contributed by atoms with Gasteiger partial charge in [0.25, 0.3) is 0 Å². The molecule has 0 bridgehead atoms. The van der Waals surface area contributed by atoms with E-state index in [4.69, 9.17) is 0 Å². The van der Waals surface area contributed by atoms with Crippen molar-refractivity contribution in [2.45, 2.75) is 0 Å². The van der Waals surface area contributed by atoms with E-state index in [0.717, 1.165) is 18.2 Å². The predicted molar refractivity (Wildman–Crippen MR) is 51.7 cm³/mol. The van der Waals surface area contributed by atoms with Crippen molar-refractivity contribution in [1.29, 1.82) is 0 Å². The van der Waals surface area contributed by atoms with Crippen LogP contribution < -0.4 is 5.32 Å². The molecule has 0 aliphatic carbocycles. The van der Waals surface area contributed by atoms with Crippen LogP contribution in [0.2, 0.25) is 0 Å². The summed E-state index contributed by atoms with van der Waals surface area (Å²) >= 11 is 0. The molecule has 76 valence electrons. The molecule has 0 atom stereocenters. The summed E-state index contributed by atoms with van der Waals surface area (Å²) < 4.78 is 26.0. The molecule has 0 aliphatic rings. The van der Waals surface area contributed by atoms with Gasteiger partial charge in [-0.05, 0) is 18.2 Å². The molecule has 2 rings (SSSR count). The van der Waals surface area contributed by atoms with Gasteiger partial charge in [-0.1, -0.05) is 0 Å². The van der Waals surface area contributed by atoms with Crippen molar-refractivity contribution in [3.8, 4) is 0 Å². The fourth-order valence-corrected chi connectivity index (χ4v) is 1.10. The van der Waals surface area contributed by atoms with E-state index in [9.17, 15) is 8.78 Å². The molecule has 0 fully saturated rings. The Morgan fingerprint density at radius 3 is 2.73 bits per heavy atom. The molecule has 0 saturated carbocycles. The van der Waals surface area contributed by atoms with E-state index in [-0.39, 0.29) is 5.69 Å². The summed E-state index contributed by atoms with van der Waals surface area (Å²) in [5, 5.41) is 2.65. The second-order valence-electron chi connectivity index (χ2n) is 2.84. The number of hydrogen-bond donors (Lipinski definition) is 1. The smallest absolute Gasteiger partial charge is 0.146 e. The van der Waals surface area contributed by atoms with Gasteiger partial charge in [-0.2, -0.15) is 0 Å². The van der Waals surface area contributed by atoms with Crippen LogP contribution in [0.3, 0.4) is 0 Å². The lowest BCUT2D eigenvalue weighted by Crippen LogP contribution is -1.96. The lowest BCUT2D eigenvalue weighted by atomic mass is 10.3. The van der Waals surface area contributed by atoms with Gasteiger partial charge in [-0.3, -0.25) is 0 Å². The zero-order chi connectivity index (χ0) is 10.7. The standard InChI is InChI=1S/C10H7F2N3/c11-7-1-2-8(12)9(5-7)15-10-3-4-13-6-14-10/h1-6H,(H,13,14,15). The highest BCUT2D eigenvalue weighted by molar-refractivity contribution is 5.56. The molecule has 1 aromatic heterocycles. The summed E-state index contributed by atoms with van der Waals surface area (Å²) in [6, 6.07) is 4.74. The van der Waals surface area contributed by atoms with Gasteiger partial charge >= 0.3 is 0 Å². The van der Waals surface area contributed by atoms with Gasteiger partial charge in [0.2, 0.25) is 0 Å². The summed E-state index contributed by atoms with van der Waals surface area (Å²) in [5.74, 6) is -0.627. The highest BCUT2D eigenvalue weighted by Gasteiger charge is 2.03. The van der Waals surface area contributed by atoms with Crippen LogP contribution >= 0.6 is 0 Å². The number of halogens is 2. The van der Waals surface area contributed by atoms with Crippen LogP contribution in [0.1, 0.15) is 0 Å². The highest BCUT2D eigenvalue weighted by atomic mass is 19.1. The quantitative estimate of drug-likeness (QED) is 0.822. The zero-order valence-electron chi connectivity index (χ0n) is 7.61. The number of aromatic nitrogens is 2. The second kappa shape index (κ2) is 4.00. The van der Waals surface area contributed by atoms with Gasteiger partial charge in [0.1, 0.15) is 23.8 Å². The number of rotatable bonds is 2. The molecule has 5 heteroatoms. The van der Waals surface area contributed by atoms with Crippen molar-refractivity contribution in [3.63, 3.8) is 0 Å². The van der Waals surface area contributed by atoms with Crippen LogP contribution in [0.5, 0.6) is 0 Å². The minimum atomic E-state index is -0.532. The van der Waals surface area contributed by atoms with Gasteiger partial charge in [0.15, 0.2) is 0 Å². The van der Waals surface area contributed by atoms with Crippen molar-refractivity contribution in [3.05, 3.63) is 48.4 Å². The van der Waals surface area contributed by atoms with Crippen molar-refractivity contribution < 1.29 is 8.78 Å². The molecule has 1 N–H and O–H groups in total. The van der Waals surface area contributed by atoms with Gasteiger partial charge in [-0.25, -0.2) is 18.7 Å². The van der Waals surface area contributed by atoms with Crippen LogP contribution in [0.4, 0.5) is 20.3 Å². The number of nitrogens with one attached hydrogen (secondary N) is 1. The summed E-state index contributed by atoms with van der Waals surface area (Å²) in [4.78, 5) is 7.54. The fourth-order valence-electron chi connectivity index (χ4n) is 1.10. The van der Waals surface area contributed by atoms with Gasteiger partial charge in [0, 0.05) is 12.3 Å². The van der Waals surface area contributed by atoms with E-state index in [1.807, 2.05) is 0 Å². The van der Waals surface area contributed by atoms with Crippen molar-refractivity contribution in [2.75, 3.05) is 5.32 Å². The largest absolute Gasteiger partial charge is 0.338 e. The average molecular weight is 207 g/mol. The van der Waals surface area contributed by atoms with E-state index in [0.29, 0.717) is 5.82 Å². The first-order chi connectivity index (χ1) is 7.25. The first kappa shape index (κ1) is 9.51. The Balaban J connectivity index is 2.28. The molecule has 0 amide bonds. The average Bonchev–Trinajstić information content (AvgIpc) is 2.25. The third kappa shape index (κ3) is 2.25. The van der Waals surface area contributed by atoms with Crippen molar-refractivity contribution in [2.24, 2.45) is 0 Å². The Labute approximate surface area is 84.8 Å². The molecular weight excluding hydrogens is 200 g/mol. The first-order valence-corrected chi connectivity index (χ1v) is 4.24. The molecule has 3 nitrogen and oxygen atoms in total. The topological polar surface area (TPSA) is 37.8 Å². The fraction of sp³-hybridized carbons (Fsp3) is 0. The Morgan fingerprint density at radius 2 is 2.00 bits per heavy atom. The highest BCUT2D eigenvalue weighted by Crippen LogP contribution is 2.18. The lowest BCUT2D eigenvalue weighted by molar-refractivity contribution is 0.603. The molecule has 0 aliphatic heterocycles. The SMILES string of the molecule is Fc1ccc(F)c(Nc2ccncn2)c1. The number of nitrogens with zero attached hydrogens (tertiary/aromatic N) is 2. The maximum atomic E-state index is 13.2. The maximum absolute atomic E-state index is 13.2. The molecule has 0 unspecified atom stereocenters. The summed E-state index contributed by atoms with van der Waals surface area (Å²) in [7, 11) is 0. The van der Waals surface area contributed by atoms with Crippen LogP contribution in [0.15, 0.2) is 36.8 Å². The Morgan fingerprint density at radius 1 is 1.13 bits per heavy atom. The molecule has 1 aromatic carbocycles. The van der Waals surface area contributed by atoms with E-state index in [2.05, 4.69) is 15.3 Å². The van der Waals surface area contributed by atoms with Crippen molar-refractivity contribution in [1.82, 2.24) is 9.97 Å². The Bertz CT molecular complexity index is 459. The molecule has 2 aromatic rings. The summed E-state index contributed by atoms with van der Waals surface area (Å²) in [6.45, 7) is 0. The van der Waals surface area contributed by atoms with Crippen LogP contribution in [-0.4, -0.2) is 9.97 Å². The second-order valence-corrected chi connectivity index (χ2v) is 2.84. The molecule has 0 spiro atoms. The molecule has 1 heterocycles. The van der Waals surface area contributed by atoms with Crippen LogP contribution in [-0.2, 0) is 0 Å². The summed E-state index contributed by atoms with van der Waals surface area (Å²) in [6.07, 6.45) is 2.83. The van der Waals surface area contributed by atoms with E-state index < -0.39 is 11.6 Å². The van der Waals surface area contributed by atoms with Crippen LogP contribution in [0.25, 0.3) is 0 Å². The minimum Gasteiger partial charge on any atom is -0.338 e. The lowest BCUT2D eigenvalue weighted by Gasteiger charge is -2.05. The molecular formula is C10H7F2N3. The van der Waals surface area contributed by atoms with Crippen LogP contribution in [0, 0.1) is 11.6 Å². The normalized spacial score (nSPS) is 10.0. The van der Waals surface area contributed by atoms with E-state index >= 15 is 0 Å². The Kier molecular flexibility index (Phi) is 2.53. The van der Waals surface area contributed by atoms with Gasteiger partial charge in [-0.15, -0.1) is 0 Å². The number of benzene rings is 1. The minimum absolute atomic E-state index is 0.0497. The summed E-state index contributed by atoms with van der Waals surface area (Å²) in [5.41, 5.74) is 0.0497. The number of anilines is 2. The molecule has 0 radical (unpaired) electrons. The Hall–Kier alpha value is -2.04. The number of hydrogen-bond acceptors (Lipinski definition) is 3.